The van der Waals surface area contributed by atoms with E-state index in [4.69, 9.17) is 4.74 Å². The molecule has 0 fully saturated rings. The summed E-state index contributed by atoms with van der Waals surface area (Å²) in [7, 11) is 0. The molecular weight excluding hydrogens is 386 g/mol. The van der Waals surface area contributed by atoms with Crippen molar-refractivity contribution < 1.29 is 23.1 Å². The molecule has 0 saturated heterocycles. The Morgan fingerprint density at radius 2 is 1.82 bits per heavy atom. The molecule has 0 atom stereocenters. The molecule has 2 aromatic carbocycles. The van der Waals surface area contributed by atoms with E-state index in [0.29, 0.717) is 33.6 Å². The van der Waals surface area contributed by atoms with Gasteiger partial charge in [-0.3, -0.25) is 4.79 Å². The number of anilines is 2. The van der Waals surface area contributed by atoms with Gasteiger partial charge >= 0.3 is 5.97 Å². The quantitative estimate of drug-likeness (QED) is 0.329. The van der Waals surface area contributed by atoms with Gasteiger partial charge in [0.1, 0.15) is 0 Å². The Balaban J connectivity index is 1.86. The molecule has 0 bridgehead atoms. The second-order valence-corrected chi connectivity index (χ2v) is 6.92. The van der Waals surface area contributed by atoms with E-state index in [1.54, 1.807) is 18.2 Å². The molecule has 28 heavy (non-hydrogen) atoms. The lowest BCUT2D eigenvalue weighted by atomic mass is 10.1. The summed E-state index contributed by atoms with van der Waals surface area (Å²) >= 11 is 0.425. The number of thioether (sulfide) groups is 1. The van der Waals surface area contributed by atoms with Gasteiger partial charge in [-0.05, 0) is 42.8 Å². The number of ether oxygens (including phenoxy) is 1. The summed E-state index contributed by atoms with van der Waals surface area (Å²) in [5, 5.41) is 5.74. The number of carbonyl (C=O) groups is 2. The monoisotopic (exact) mass is 408 g/mol. The highest BCUT2D eigenvalue weighted by molar-refractivity contribution is 7.99. The van der Waals surface area contributed by atoms with E-state index in [1.807, 2.05) is 6.07 Å². The normalized spacial score (nSPS) is 10.6. The maximum atomic E-state index is 12.3. The van der Waals surface area contributed by atoms with Crippen molar-refractivity contribution in [1.29, 1.82) is 0 Å². The molecule has 5 nitrogen and oxygen atoms in total. The van der Waals surface area contributed by atoms with Crippen LogP contribution in [0.4, 0.5) is 20.2 Å². The summed E-state index contributed by atoms with van der Waals surface area (Å²) in [4.78, 5) is 24.7. The second-order valence-electron chi connectivity index (χ2n) is 5.85. The Hall–Kier alpha value is -2.61. The minimum Gasteiger partial charge on any atom is -0.452 e. The predicted molar refractivity (Wildman–Crippen MR) is 107 cm³/mol. The van der Waals surface area contributed by atoms with Gasteiger partial charge in [0.05, 0.1) is 5.56 Å². The molecule has 0 heterocycles. The molecule has 8 heteroatoms. The fourth-order valence-corrected chi connectivity index (χ4v) is 2.84. The molecule has 0 aromatic heterocycles. The Morgan fingerprint density at radius 1 is 1.11 bits per heavy atom. The number of nitrogens with one attached hydrogen (secondary N) is 2. The Labute approximate surface area is 166 Å². The van der Waals surface area contributed by atoms with Gasteiger partial charge in [-0.2, -0.15) is 8.78 Å². The first kappa shape index (κ1) is 21.7. The van der Waals surface area contributed by atoms with Crippen molar-refractivity contribution in [3.8, 4) is 0 Å². The molecule has 0 spiro atoms. The number of hydrogen-bond donors (Lipinski definition) is 2. The summed E-state index contributed by atoms with van der Waals surface area (Å²) in [5.41, 5.74) is 1.45. The first-order valence-electron chi connectivity index (χ1n) is 8.84. The van der Waals surface area contributed by atoms with Gasteiger partial charge in [0.15, 0.2) is 6.61 Å². The number of carbonyl (C=O) groups excluding carboxylic acids is 2. The zero-order valence-corrected chi connectivity index (χ0v) is 16.2. The number of unbranched alkanes of at least 4 members (excludes halogenated alkanes) is 1. The molecule has 0 aliphatic heterocycles. The fraction of sp³-hybridized carbons (Fsp3) is 0.300. The second kappa shape index (κ2) is 11.3. The standard InChI is InChI=1S/C20H22F2N2O3S/c1-2-3-12-23-17-7-5-4-6-16(17)19(26)27-13-18(25)24-14-8-10-15(11-9-14)28-20(21)22/h4-11,20,23H,2-3,12-13H2,1H3,(H,24,25). The zero-order chi connectivity index (χ0) is 20.4. The maximum Gasteiger partial charge on any atom is 0.340 e. The van der Waals surface area contributed by atoms with E-state index in [-0.39, 0.29) is 0 Å². The number of rotatable bonds is 10. The van der Waals surface area contributed by atoms with Crippen LogP contribution in [-0.4, -0.2) is 30.8 Å². The minimum atomic E-state index is -2.50. The van der Waals surface area contributed by atoms with Crippen molar-refractivity contribution in [3.63, 3.8) is 0 Å². The van der Waals surface area contributed by atoms with Crippen LogP contribution >= 0.6 is 11.8 Å². The van der Waals surface area contributed by atoms with Crippen LogP contribution in [0, 0.1) is 0 Å². The third-order valence-electron chi connectivity index (χ3n) is 3.69. The van der Waals surface area contributed by atoms with Gasteiger partial charge in [-0.25, -0.2) is 4.79 Å². The molecule has 1 amide bonds. The van der Waals surface area contributed by atoms with Gasteiger partial charge in [-0.15, -0.1) is 0 Å². The zero-order valence-electron chi connectivity index (χ0n) is 15.4. The smallest absolute Gasteiger partial charge is 0.340 e. The third-order valence-corrected chi connectivity index (χ3v) is 4.41. The van der Waals surface area contributed by atoms with E-state index in [2.05, 4.69) is 17.6 Å². The average Bonchev–Trinajstić information content (AvgIpc) is 2.68. The van der Waals surface area contributed by atoms with Crippen LogP contribution < -0.4 is 10.6 Å². The largest absolute Gasteiger partial charge is 0.452 e. The Kier molecular flexibility index (Phi) is 8.74. The molecule has 2 rings (SSSR count). The average molecular weight is 408 g/mol. The number of para-hydroxylation sites is 1. The molecule has 2 N–H and O–H groups in total. The molecular formula is C20H22F2N2O3S. The summed E-state index contributed by atoms with van der Waals surface area (Å²) in [5.74, 6) is -3.61. The maximum absolute atomic E-state index is 12.3. The fourth-order valence-electron chi connectivity index (χ4n) is 2.34. The van der Waals surface area contributed by atoms with Gasteiger partial charge in [0, 0.05) is 22.8 Å². The molecule has 150 valence electrons. The van der Waals surface area contributed by atoms with Crippen LogP contribution in [0.25, 0.3) is 0 Å². The van der Waals surface area contributed by atoms with E-state index in [0.717, 1.165) is 19.4 Å². The van der Waals surface area contributed by atoms with Gasteiger partial charge < -0.3 is 15.4 Å². The predicted octanol–water partition coefficient (Wildman–Crippen LogP) is 5.01. The Bertz CT molecular complexity index is 785. The summed E-state index contributed by atoms with van der Waals surface area (Å²) in [6.07, 6.45) is 2.00. The van der Waals surface area contributed by atoms with Crippen LogP contribution in [0.2, 0.25) is 0 Å². The molecule has 2 aromatic rings. The number of amides is 1. The Morgan fingerprint density at radius 3 is 2.50 bits per heavy atom. The van der Waals surface area contributed by atoms with Crippen molar-refractivity contribution >= 4 is 35.0 Å². The summed E-state index contributed by atoms with van der Waals surface area (Å²) < 4.78 is 29.7. The lowest BCUT2D eigenvalue weighted by Gasteiger charge is -2.11. The highest BCUT2D eigenvalue weighted by atomic mass is 32.2. The van der Waals surface area contributed by atoms with E-state index in [1.165, 1.54) is 24.3 Å². The highest BCUT2D eigenvalue weighted by Crippen LogP contribution is 2.26. The number of alkyl halides is 2. The van der Waals surface area contributed by atoms with Crippen molar-refractivity contribution in [2.24, 2.45) is 0 Å². The topological polar surface area (TPSA) is 67.4 Å². The summed E-state index contributed by atoms with van der Waals surface area (Å²) in [6.45, 7) is 2.36. The van der Waals surface area contributed by atoms with Gasteiger partial charge in [0.25, 0.3) is 11.7 Å². The van der Waals surface area contributed by atoms with E-state index in [9.17, 15) is 18.4 Å². The molecule has 0 unspecified atom stereocenters. The molecule has 0 radical (unpaired) electrons. The highest BCUT2D eigenvalue weighted by Gasteiger charge is 2.14. The third kappa shape index (κ3) is 7.19. The molecule has 0 aliphatic rings. The van der Waals surface area contributed by atoms with E-state index >= 15 is 0 Å². The van der Waals surface area contributed by atoms with Gasteiger partial charge in [-0.1, -0.05) is 37.2 Å². The van der Waals surface area contributed by atoms with Crippen LogP contribution in [-0.2, 0) is 9.53 Å². The number of esters is 1. The SMILES string of the molecule is CCCCNc1ccccc1C(=O)OCC(=O)Nc1ccc(SC(F)F)cc1. The van der Waals surface area contributed by atoms with Crippen molar-refractivity contribution in [2.45, 2.75) is 30.4 Å². The van der Waals surface area contributed by atoms with Crippen LogP contribution in [0.3, 0.4) is 0 Å². The van der Waals surface area contributed by atoms with Crippen molar-refractivity contribution in [1.82, 2.24) is 0 Å². The summed E-state index contributed by atoms with van der Waals surface area (Å²) in [6, 6.07) is 12.9. The van der Waals surface area contributed by atoms with Crippen LogP contribution in [0.15, 0.2) is 53.4 Å². The van der Waals surface area contributed by atoms with Crippen molar-refractivity contribution in [2.75, 3.05) is 23.8 Å². The van der Waals surface area contributed by atoms with Crippen LogP contribution in [0.1, 0.15) is 30.1 Å². The number of benzene rings is 2. The van der Waals surface area contributed by atoms with Crippen molar-refractivity contribution in [3.05, 3.63) is 54.1 Å². The number of halogens is 2. The minimum absolute atomic E-state index is 0.361. The lowest BCUT2D eigenvalue weighted by Crippen LogP contribution is -2.21. The number of hydrogen-bond acceptors (Lipinski definition) is 5. The first-order chi connectivity index (χ1) is 13.5. The molecule has 0 saturated carbocycles. The van der Waals surface area contributed by atoms with E-state index < -0.39 is 24.2 Å². The van der Waals surface area contributed by atoms with Crippen LogP contribution in [0.5, 0.6) is 0 Å². The molecule has 0 aliphatic carbocycles. The van der Waals surface area contributed by atoms with Gasteiger partial charge in [0.2, 0.25) is 0 Å². The lowest BCUT2D eigenvalue weighted by molar-refractivity contribution is -0.119. The first-order valence-corrected chi connectivity index (χ1v) is 9.72.